The van der Waals surface area contributed by atoms with Crippen LogP contribution in [0.1, 0.15) is 5.01 Å². The van der Waals surface area contributed by atoms with Crippen molar-refractivity contribution in [1.29, 1.82) is 0 Å². The average Bonchev–Trinajstić information content (AvgIpc) is 3.23. The molecule has 0 radical (unpaired) electrons. The third kappa shape index (κ3) is 6.21. The smallest absolute Gasteiger partial charge is 0.238 e. The van der Waals surface area contributed by atoms with E-state index in [1.165, 1.54) is 0 Å². The minimum atomic E-state index is -0.590. The number of nitrogens with one attached hydrogen (secondary N) is 1. The topological polar surface area (TPSA) is 96.4 Å². The van der Waals surface area contributed by atoms with Gasteiger partial charge in [-0.15, -0.1) is 11.3 Å². The maximum atomic E-state index is 12.5. The molecule has 2 aliphatic heterocycles. The fourth-order valence-corrected chi connectivity index (χ4v) is 5.12. The number of thiazole rings is 1. The van der Waals surface area contributed by atoms with E-state index >= 15 is 0 Å². The zero-order valence-corrected chi connectivity index (χ0v) is 20.6. The summed E-state index contributed by atoms with van der Waals surface area (Å²) in [5.41, 5.74) is 1.62. The van der Waals surface area contributed by atoms with Gasteiger partial charge in [0.25, 0.3) is 0 Å². The number of aromatic nitrogens is 1. The number of ether oxygens (including phenoxy) is 3. The van der Waals surface area contributed by atoms with Crippen molar-refractivity contribution in [2.75, 3.05) is 64.4 Å². The van der Waals surface area contributed by atoms with Crippen molar-refractivity contribution in [2.45, 2.75) is 13.0 Å². The minimum absolute atomic E-state index is 0.0594. The predicted molar refractivity (Wildman–Crippen MR) is 135 cm³/mol. The number of aliphatic hydroxyl groups excluding tert-OH is 1. The van der Waals surface area contributed by atoms with Gasteiger partial charge < -0.3 is 24.6 Å². The van der Waals surface area contributed by atoms with E-state index in [-0.39, 0.29) is 12.5 Å². The van der Waals surface area contributed by atoms with Gasteiger partial charge in [0, 0.05) is 50.5 Å². The van der Waals surface area contributed by atoms with Gasteiger partial charge in [-0.3, -0.25) is 14.6 Å². The van der Waals surface area contributed by atoms with Crippen LogP contribution >= 0.6 is 11.3 Å². The van der Waals surface area contributed by atoms with E-state index in [0.29, 0.717) is 43.5 Å². The Morgan fingerprint density at radius 3 is 2.71 bits per heavy atom. The first-order chi connectivity index (χ1) is 17.0. The average molecular weight is 499 g/mol. The molecule has 1 fully saturated rings. The number of hydrogen-bond acceptors (Lipinski definition) is 9. The van der Waals surface area contributed by atoms with Crippen molar-refractivity contribution >= 4 is 33.1 Å². The zero-order chi connectivity index (χ0) is 24.2. The molecule has 5 rings (SSSR count). The minimum Gasteiger partial charge on any atom is -0.491 e. The Morgan fingerprint density at radius 1 is 1.11 bits per heavy atom. The van der Waals surface area contributed by atoms with Gasteiger partial charge in [0.1, 0.15) is 31.7 Å². The fourth-order valence-electron chi connectivity index (χ4n) is 4.31. The molecule has 1 saturated heterocycles. The normalized spacial score (nSPS) is 17.3. The second-order valence-electron chi connectivity index (χ2n) is 8.81. The third-order valence-electron chi connectivity index (χ3n) is 6.04. The monoisotopic (exact) mass is 498 g/mol. The number of amides is 1. The van der Waals surface area contributed by atoms with Crippen LogP contribution in [0.4, 0.5) is 5.69 Å². The van der Waals surface area contributed by atoms with Gasteiger partial charge in [-0.1, -0.05) is 0 Å². The van der Waals surface area contributed by atoms with Gasteiger partial charge in [-0.05, 0) is 31.2 Å². The third-order valence-corrected chi connectivity index (χ3v) is 6.99. The zero-order valence-electron chi connectivity index (χ0n) is 19.7. The number of benzene rings is 2. The lowest BCUT2D eigenvalue weighted by Gasteiger charge is -2.35. The lowest BCUT2D eigenvalue weighted by atomic mass is 10.2. The molecule has 0 bridgehead atoms. The lowest BCUT2D eigenvalue weighted by Crippen LogP contribution is -2.50. The van der Waals surface area contributed by atoms with Crippen molar-refractivity contribution in [3.05, 3.63) is 41.4 Å². The molecule has 3 aromatic rings. The summed E-state index contributed by atoms with van der Waals surface area (Å²) in [6.07, 6.45) is -0.590. The number of anilines is 1. The number of hydrogen-bond donors (Lipinski definition) is 2. The quantitative estimate of drug-likeness (QED) is 0.489. The molecular weight excluding hydrogens is 468 g/mol. The number of fused-ring (bicyclic) bond motifs is 2. The van der Waals surface area contributed by atoms with Gasteiger partial charge in [0.05, 0.1) is 21.8 Å². The molecule has 10 heteroatoms. The molecule has 1 aromatic heterocycles. The van der Waals surface area contributed by atoms with Crippen LogP contribution in [0.3, 0.4) is 0 Å². The molecule has 0 spiro atoms. The molecule has 9 nitrogen and oxygen atoms in total. The summed E-state index contributed by atoms with van der Waals surface area (Å²) in [6.45, 7) is 7.24. The first-order valence-corrected chi connectivity index (χ1v) is 12.7. The lowest BCUT2D eigenvalue weighted by molar-refractivity contribution is -0.117. The second kappa shape index (κ2) is 10.8. The first kappa shape index (κ1) is 23.8. The summed E-state index contributed by atoms with van der Waals surface area (Å²) < 4.78 is 18.0. The molecule has 2 aliphatic rings. The number of aryl methyl sites for hydroxylation is 1. The van der Waals surface area contributed by atoms with Crippen LogP contribution in [-0.2, 0) is 4.79 Å². The Kier molecular flexibility index (Phi) is 7.33. The van der Waals surface area contributed by atoms with Crippen LogP contribution in [0.25, 0.3) is 10.2 Å². The Bertz CT molecular complexity index is 1180. The Hall–Kier alpha value is -2.92. The van der Waals surface area contributed by atoms with E-state index in [1.54, 1.807) is 17.4 Å². The fraction of sp³-hybridized carbons (Fsp3) is 0.440. The molecular formula is C25H30N4O5S. The van der Waals surface area contributed by atoms with E-state index in [2.05, 4.69) is 20.1 Å². The molecule has 1 atom stereocenters. The predicted octanol–water partition coefficient (Wildman–Crippen LogP) is 2.37. The summed E-state index contributed by atoms with van der Waals surface area (Å²) in [4.78, 5) is 21.3. The number of piperazine rings is 1. The van der Waals surface area contributed by atoms with Crippen molar-refractivity contribution in [2.24, 2.45) is 0 Å². The molecule has 2 aromatic carbocycles. The maximum absolute atomic E-state index is 12.5. The van der Waals surface area contributed by atoms with Gasteiger partial charge in [0.15, 0.2) is 11.5 Å². The standard InChI is InChI=1S/C25H30N4O5S/c1-17-26-21-13-20(3-5-24(21)35-17)34-16-19(30)14-28-6-8-29(9-7-28)15-25(31)27-18-2-4-22-23(12-18)33-11-10-32-22/h2-5,12-13,19,30H,6-11,14-16H2,1H3,(H,27,31)/t19-/m1/s1. The largest absolute Gasteiger partial charge is 0.491 e. The SMILES string of the molecule is Cc1nc2cc(OC[C@H](O)CN3CCN(CC(=O)Nc4ccc5c(c4)OCCO5)CC3)ccc2s1. The van der Waals surface area contributed by atoms with E-state index in [4.69, 9.17) is 14.2 Å². The highest BCUT2D eigenvalue weighted by molar-refractivity contribution is 7.18. The van der Waals surface area contributed by atoms with Crippen molar-refractivity contribution in [3.8, 4) is 17.2 Å². The number of rotatable bonds is 8. The molecule has 35 heavy (non-hydrogen) atoms. The summed E-state index contributed by atoms with van der Waals surface area (Å²) in [7, 11) is 0. The summed E-state index contributed by atoms with van der Waals surface area (Å²) in [5, 5.41) is 14.4. The van der Waals surface area contributed by atoms with E-state index in [0.717, 1.165) is 47.2 Å². The number of nitrogens with zero attached hydrogens (tertiary/aromatic N) is 3. The summed E-state index contributed by atoms with van der Waals surface area (Å²) in [6, 6.07) is 11.3. The molecule has 186 valence electrons. The van der Waals surface area contributed by atoms with E-state index in [1.807, 2.05) is 37.3 Å². The molecule has 0 saturated carbocycles. The molecule has 3 heterocycles. The van der Waals surface area contributed by atoms with Crippen LogP contribution in [0.2, 0.25) is 0 Å². The Balaban J connectivity index is 1.02. The van der Waals surface area contributed by atoms with Crippen LogP contribution in [-0.4, -0.2) is 91.0 Å². The maximum Gasteiger partial charge on any atom is 0.238 e. The summed E-state index contributed by atoms with van der Waals surface area (Å²) in [5.74, 6) is 2.02. The van der Waals surface area contributed by atoms with Crippen molar-refractivity contribution < 1.29 is 24.1 Å². The Labute approximate surface area is 208 Å². The molecule has 0 unspecified atom stereocenters. The van der Waals surface area contributed by atoms with Gasteiger partial charge >= 0.3 is 0 Å². The highest BCUT2D eigenvalue weighted by Crippen LogP contribution is 2.32. The van der Waals surface area contributed by atoms with Crippen molar-refractivity contribution in [3.63, 3.8) is 0 Å². The first-order valence-electron chi connectivity index (χ1n) is 11.8. The van der Waals surface area contributed by atoms with Gasteiger partial charge in [-0.25, -0.2) is 4.98 Å². The summed E-state index contributed by atoms with van der Waals surface area (Å²) >= 11 is 1.66. The molecule has 2 N–H and O–H groups in total. The van der Waals surface area contributed by atoms with E-state index in [9.17, 15) is 9.90 Å². The highest BCUT2D eigenvalue weighted by atomic mass is 32.1. The molecule has 1 amide bonds. The number of aliphatic hydroxyl groups is 1. The highest BCUT2D eigenvalue weighted by Gasteiger charge is 2.21. The van der Waals surface area contributed by atoms with Crippen LogP contribution in [0.5, 0.6) is 17.2 Å². The number of β-amino-alcohol motifs (C(OH)–C–C–N with tert-alkyl or cyclic N) is 1. The van der Waals surface area contributed by atoms with Crippen molar-refractivity contribution in [1.82, 2.24) is 14.8 Å². The van der Waals surface area contributed by atoms with E-state index < -0.39 is 6.10 Å². The van der Waals surface area contributed by atoms with Crippen LogP contribution < -0.4 is 19.5 Å². The second-order valence-corrected chi connectivity index (χ2v) is 10.0. The molecule has 0 aliphatic carbocycles. The van der Waals surface area contributed by atoms with Gasteiger partial charge in [0.2, 0.25) is 5.91 Å². The van der Waals surface area contributed by atoms with Crippen LogP contribution in [0.15, 0.2) is 36.4 Å². The number of carbonyl (C=O) groups is 1. The number of carbonyl (C=O) groups excluding carboxylic acids is 1. The van der Waals surface area contributed by atoms with Crippen LogP contribution in [0, 0.1) is 6.92 Å². The van der Waals surface area contributed by atoms with Gasteiger partial charge in [-0.2, -0.15) is 0 Å². The Morgan fingerprint density at radius 2 is 1.89 bits per heavy atom.